The Balaban J connectivity index is 1.74. The molecule has 0 spiro atoms. The minimum atomic E-state index is -0.150. The Bertz CT molecular complexity index is 505. The lowest BCUT2D eigenvalue weighted by molar-refractivity contribution is -0.122. The zero-order valence-electron chi connectivity index (χ0n) is 13.7. The molecule has 22 heavy (non-hydrogen) atoms. The number of hydrogen-bond donors (Lipinski definition) is 1. The van der Waals surface area contributed by atoms with E-state index in [0.29, 0.717) is 6.42 Å². The van der Waals surface area contributed by atoms with Crippen molar-refractivity contribution in [3.05, 3.63) is 29.3 Å². The molecule has 0 atom stereocenters. The van der Waals surface area contributed by atoms with Crippen LogP contribution in [-0.4, -0.2) is 49.1 Å². The highest BCUT2D eigenvalue weighted by Gasteiger charge is 2.19. The van der Waals surface area contributed by atoms with Crippen LogP contribution in [0.25, 0.3) is 0 Å². The van der Waals surface area contributed by atoms with Gasteiger partial charge in [0.05, 0.1) is 0 Å². The molecule has 1 aromatic rings. The fourth-order valence-corrected chi connectivity index (χ4v) is 2.83. The summed E-state index contributed by atoms with van der Waals surface area (Å²) in [6.45, 7) is 10.8. The highest BCUT2D eigenvalue weighted by atomic mass is 35.5. The molecule has 2 rings (SSSR count). The number of carbonyl (C=O) groups is 1. The Hall–Kier alpha value is -1.26. The first-order valence-corrected chi connectivity index (χ1v) is 8.25. The smallest absolute Gasteiger partial charge is 0.221 e. The molecule has 1 N–H and O–H groups in total. The summed E-state index contributed by atoms with van der Waals surface area (Å²) in [5, 5.41) is 3.79. The molecule has 0 saturated carbocycles. The molecule has 5 heteroatoms. The van der Waals surface area contributed by atoms with Gasteiger partial charge in [-0.15, -0.1) is 0 Å². The van der Waals surface area contributed by atoms with E-state index in [9.17, 15) is 4.79 Å². The van der Waals surface area contributed by atoms with Gasteiger partial charge < -0.3 is 10.2 Å². The van der Waals surface area contributed by atoms with Crippen molar-refractivity contribution in [1.29, 1.82) is 0 Å². The summed E-state index contributed by atoms with van der Waals surface area (Å²) in [7, 11) is 0. The lowest BCUT2D eigenvalue weighted by Crippen LogP contribution is -2.48. The van der Waals surface area contributed by atoms with Crippen LogP contribution < -0.4 is 10.2 Å². The van der Waals surface area contributed by atoms with Crippen LogP contribution in [0.1, 0.15) is 27.2 Å². The molecule has 1 fully saturated rings. The predicted octanol–water partition coefficient (Wildman–Crippen LogP) is 2.77. The minimum Gasteiger partial charge on any atom is -0.369 e. The highest BCUT2D eigenvalue weighted by Crippen LogP contribution is 2.20. The normalized spacial score (nSPS) is 16.6. The summed E-state index contributed by atoms with van der Waals surface area (Å²) in [5.74, 6) is 0.129. The number of hydrogen-bond acceptors (Lipinski definition) is 3. The van der Waals surface area contributed by atoms with Crippen molar-refractivity contribution in [2.75, 3.05) is 37.6 Å². The molecule has 1 heterocycles. The van der Waals surface area contributed by atoms with Gasteiger partial charge in [0.15, 0.2) is 0 Å². The summed E-state index contributed by atoms with van der Waals surface area (Å²) >= 11 is 6.05. The van der Waals surface area contributed by atoms with Gasteiger partial charge in [0.25, 0.3) is 0 Å². The fourth-order valence-electron chi connectivity index (χ4n) is 2.64. The first kappa shape index (κ1) is 17.1. The SMILES string of the molecule is CC(C)(C)NC(=O)CCN1CCN(c2cccc(Cl)c2)CC1. The molecule has 0 aromatic heterocycles. The van der Waals surface area contributed by atoms with Crippen LogP contribution in [-0.2, 0) is 4.79 Å². The molecule has 1 saturated heterocycles. The van der Waals surface area contributed by atoms with Gasteiger partial charge in [-0.25, -0.2) is 0 Å². The second kappa shape index (κ2) is 7.34. The van der Waals surface area contributed by atoms with Gasteiger partial charge in [0.1, 0.15) is 0 Å². The number of amides is 1. The Morgan fingerprint density at radius 1 is 1.23 bits per heavy atom. The number of benzene rings is 1. The molecule has 0 unspecified atom stereocenters. The van der Waals surface area contributed by atoms with E-state index in [2.05, 4.69) is 21.2 Å². The van der Waals surface area contributed by atoms with E-state index in [1.807, 2.05) is 39.0 Å². The molecule has 0 radical (unpaired) electrons. The Labute approximate surface area is 138 Å². The van der Waals surface area contributed by atoms with Crippen LogP contribution >= 0.6 is 11.6 Å². The summed E-state index contributed by atoms with van der Waals surface area (Å²) in [4.78, 5) is 16.6. The number of piperazine rings is 1. The maximum atomic E-state index is 11.9. The number of nitrogens with zero attached hydrogens (tertiary/aromatic N) is 2. The third-order valence-electron chi connectivity index (χ3n) is 3.72. The van der Waals surface area contributed by atoms with E-state index in [4.69, 9.17) is 11.6 Å². The van der Waals surface area contributed by atoms with E-state index < -0.39 is 0 Å². The zero-order valence-corrected chi connectivity index (χ0v) is 14.5. The Kier molecular flexibility index (Phi) is 5.70. The van der Waals surface area contributed by atoms with Crippen LogP contribution in [0.15, 0.2) is 24.3 Å². The Morgan fingerprint density at radius 2 is 1.91 bits per heavy atom. The average molecular weight is 324 g/mol. The van der Waals surface area contributed by atoms with Crippen molar-refractivity contribution in [3.8, 4) is 0 Å². The molecule has 0 aliphatic carbocycles. The molecule has 1 amide bonds. The summed E-state index contributed by atoms with van der Waals surface area (Å²) < 4.78 is 0. The highest BCUT2D eigenvalue weighted by molar-refractivity contribution is 6.30. The molecule has 1 aliphatic heterocycles. The lowest BCUT2D eigenvalue weighted by atomic mass is 10.1. The second-order valence-electron chi connectivity index (χ2n) is 6.86. The first-order valence-electron chi connectivity index (χ1n) is 7.87. The summed E-state index contributed by atoms with van der Waals surface area (Å²) in [6.07, 6.45) is 0.564. The topological polar surface area (TPSA) is 35.6 Å². The third-order valence-corrected chi connectivity index (χ3v) is 3.95. The molecule has 4 nitrogen and oxygen atoms in total. The minimum absolute atomic E-state index is 0.129. The molecule has 1 aromatic carbocycles. The zero-order chi connectivity index (χ0) is 16.2. The summed E-state index contributed by atoms with van der Waals surface area (Å²) in [6, 6.07) is 7.99. The van der Waals surface area contributed by atoms with E-state index in [1.165, 1.54) is 5.69 Å². The van der Waals surface area contributed by atoms with Crippen molar-refractivity contribution in [2.24, 2.45) is 0 Å². The van der Waals surface area contributed by atoms with E-state index >= 15 is 0 Å². The largest absolute Gasteiger partial charge is 0.369 e. The van der Waals surface area contributed by atoms with E-state index in [-0.39, 0.29) is 11.4 Å². The van der Waals surface area contributed by atoms with Crippen LogP contribution in [0.5, 0.6) is 0 Å². The molecule has 1 aliphatic rings. The van der Waals surface area contributed by atoms with Crippen molar-refractivity contribution in [1.82, 2.24) is 10.2 Å². The molecular formula is C17H26ClN3O. The number of anilines is 1. The van der Waals surface area contributed by atoms with Crippen LogP contribution in [0.2, 0.25) is 5.02 Å². The average Bonchev–Trinajstić information content (AvgIpc) is 2.44. The van der Waals surface area contributed by atoms with Gasteiger partial charge in [-0.05, 0) is 39.0 Å². The maximum Gasteiger partial charge on any atom is 0.221 e. The van der Waals surface area contributed by atoms with Crippen molar-refractivity contribution in [3.63, 3.8) is 0 Å². The maximum absolute atomic E-state index is 11.9. The van der Waals surface area contributed by atoms with Crippen LogP contribution in [0.4, 0.5) is 5.69 Å². The lowest BCUT2D eigenvalue weighted by Gasteiger charge is -2.36. The van der Waals surface area contributed by atoms with Crippen LogP contribution in [0.3, 0.4) is 0 Å². The standard InChI is InChI=1S/C17H26ClN3O/c1-17(2,3)19-16(22)7-8-20-9-11-21(12-10-20)15-6-4-5-14(18)13-15/h4-6,13H,7-12H2,1-3H3,(H,19,22). The van der Waals surface area contributed by atoms with Gasteiger partial charge in [-0.1, -0.05) is 17.7 Å². The number of nitrogens with one attached hydrogen (secondary N) is 1. The Morgan fingerprint density at radius 3 is 2.50 bits per heavy atom. The fraction of sp³-hybridized carbons (Fsp3) is 0.588. The van der Waals surface area contributed by atoms with Crippen molar-refractivity contribution >= 4 is 23.2 Å². The number of carbonyl (C=O) groups excluding carboxylic acids is 1. The van der Waals surface area contributed by atoms with Gasteiger partial charge in [-0.2, -0.15) is 0 Å². The summed E-state index contributed by atoms with van der Waals surface area (Å²) in [5.41, 5.74) is 1.03. The molecule has 122 valence electrons. The van der Waals surface area contributed by atoms with E-state index in [1.54, 1.807) is 0 Å². The van der Waals surface area contributed by atoms with Crippen molar-refractivity contribution in [2.45, 2.75) is 32.7 Å². The van der Waals surface area contributed by atoms with E-state index in [0.717, 1.165) is 37.7 Å². The molecule has 0 bridgehead atoms. The van der Waals surface area contributed by atoms with Gasteiger partial charge >= 0.3 is 0 Å². The monoisotopic (exact) mass is 323 g/mol. The first-order chi connectivity index (χ1) is 10.3. The second-order valence-corrected chi connectivity index (χ2v) is 7.29. The number of halogens is 1. The third kappa shape index (κ3) is 5.50. The van der Waals surface area contributed by atoms with Gasteiger partial charge in [0, 0.05) is 55.4 Å². The quantitative estimate of drug-likeness (QED) is 0.925. The molecular weight excluding hydrogens is 298 g/mol. The van der Waals surface area contributed by atoms with Gasteiger partial charge in [0.2, 0.25) is 5.91 Å². The van der Waals surface area contributed by atoms with Crippen molar-refractivity contribution < 1.29 is 4.79 Å². The van der Waals surface area contributed by atoms with Crippen LogP contribution in [0, 0.1) is 0 Å². The number of rotatable bonds is 4. The van der Waals surface area contributed by atoms with Gasteiger partial charge in [-0.3, -0.25) is 9.69 Å². The predicted molar refractivity (Wildman–Crippen MR) is 92.6 cm³/mol.